The molecule has 1 fully saturated rings. The molecule has 6 nitrogen and oxygen atoms in total. The van der Waals surface area contributed by atoms with Crippen LogP contribution in [-0.4, -0.2) is 66.7 Å². The van der Waals surface area contributed by atoms with Gasteiger partial charge in [0.2, 0.25) is 10.0 Å². The fraction of sp³-hybridized carbons (Fsp3) is 0.923. The Hall–Kier alpha value is -0.660. The molecule has 0 amide bonds. The zero-order valence-electron chi connectivity index (χ0n) is 12.6. The van der Waals surface area contributed by atoms with Crippen LogP contribution in [0.4, 0.5) is 0 Å². The maximum atomic E-state index is 12.1. The summed E-state index contributed by atoms with van der Waals surface area (Å²) >= 11 is 0. The van der Waals surface area contributed by atoms with Gasteiger partial charge in [-0.15, -0.1) is 0 Å². The van der Waals surface area contributed by atoms with Gasteiger partial charge >= 0.3 is 5.97 Å². The maximum absolute atomic E-state index is 12.1. The number of carboxylic acid groups (broad SMARTS) is 1. The average Bonchev–Trinajstić information content (AvgIpc) is 2.44. The van der Waals surface area contributed by atoms with Gasteiger partial charge in [-0.05, 0) is 38.8 Å². The number of carboxylic acids is 1. The van der Waals surface area contributed by atoms with E-state index >= 15 is 0 Å². The van der Waals surface area contributed by atoms with E-state index in [0.29, 0.717) is 19.0 Å². The van der Waals surface area contributed by atoms with Gasteiger partial charge in [0.25, 0.3) is 0 Å². The summed E-state index contributed by atoms with van der Waals surface area (Å²) in [5.41, 5.74) is 0. The number of aliphatic carboxylic acids is 1. The summed E-state index contributed by atoms with van der Waals surface area (Å²) in [5.74, 6) is -0.781. The third kappa shape index (κ3) is 4.17. The molecule has 1 atom stereocenters. The first kappa shape index (κ1) is 17.4. The van der Waals surface area contributed by atoms with Crippen molar-refractivity contribution >= 4 is 16.0 Å². The third-order valence-corrected chi connectivity index (χ3v) is 6.32. The lowest BCUT2D eigenvalue weighted by Gasteiger charge is -2.34. The van der Waals surface area contributed by atoms with Gasteiger partial charge in [0.1, 0.15) is 0 Å². The van der Waals surface area contributed by atoms with Crippen LogP contribution in [-0.2, 0) is 14.8 Å². The van der Waals surface area contributed by atoms with Gasteiger partial charge in [-0.3, -0.25) is 4.79 Å². The molecule has 1 aliphatic rings. The van der Waals surface area contributed by atoms with Crippen LogP contribution in [0.15, 0.2) is 0 Å². The summed E-state index contributed by atoms with van der Waals surface area (Å²) in [6, 6.07) is 0. The minimum atomic E-state index is -3.70. The molecule has 0 aliphatic carbocycles. The Morgan fingerprint density at radius 3 is 2.20 bits per heavy atom. The van der Waals surface area contributed by atoms with E-state index in [4.69, 9.17) is 5.11 Å². The molecule has 1 unspecified atom stereocenters. The second-order valence-electron chi connectivity index (χ2n) is 5.35. The molecule has 0 aromatic heterocycles. The standard InChI is InChI=1S/C13H26N2O4S/c1-4-14(5-2)10-12-6-8-15(9-7-12)20(18,19)11(3)13(16)17/h11-12H,4-10H2,1-3H3,(H,16,17). The SMILES string of the molecule is CCN(CC)CC1CCN(S(=O)(=O)C(C)C(=O)O)CC1. The lowest BCUT2D eigenvalue weighted by Crippen LogP contribution is -2.46. The van der Waals surface area contributed by atoms with E-state index in [0.717, 1.165) is 32.5 Å². The quantitative estimate of drug-likeness (QED) is 0.754. The fourth-order valence-electron chi connectivity index (χ4n) is 2.54. The molecular weight excluding hydrogens is 280 g/mol. The van der Waals surface area contributed by atoms with Crippen molar-refractivity contribution < 1.29 is 18.3 Å². The Bertz CT molecular complexity index is 412. The molecule has 0 spiro atoms. The largest absolute Gasteiger partial charge is 0.480 e. The van der Waals surface area contributed by atoms with E-state index in [9.17, 15) is 13.2 Å². The number of carbonyl (C=O) groups is 1. The Morgan fingerprint density at radius 1 is 1.30 bits per heavy atom. The van der Waals surface area contributed by atoms with E-state index in [1.807, 2.05) is 0 Å². The zero-order chi connectivity index (χ0) is 15.3. The fourth-order valence-corrected chi connectivity index (χ4v) is 3.97. The van der Waals surface area contributed by atoms with Crippen LogP contribution in [0.2, 0.25) is 0 Å². The Kier molecular flexibility index (Phi) is 6.42. The predicted octanol–water partition coefficient (Wildman–Crippen LogP) is 0.843. The summed E-state index contributed by atoms with van der Waals surface area (Å²) in [6.07, 6.45) is 1.62. The van der Waals surface area contributed by atoms with Crippen molar-refractivity contribution in [2.45, 2.75) is 38.9 Å². The lowest BCUT2D eigenvalue weighted by molar-refractivity contribution is -0.136. The smallest absolute Gasteiger partial charge is 0.323 e. The Balaban J connectivity index is 2.56. The maximum Gasteiger partial charge on any atom is 0.323 e. The van der Waals surface area contributed by atoms with Crippen LogP contribution in [0, 0.1) is 5.92 Å². The highest BCUT2D eigenvalue weighted by Crippen LogP contribution is 2.22. The lowest BCUT2D eigenvalue weighted by atomic mass is 9.97. The number of piperidine rings is 1. The molecule has 0 aromatic carbocycles. The monoisotopic (exact) mass is 306 g/mol. The molecule has 1 aliphatic heterocycles. The molecule has 20 heavy (non-hydrogen) atoms. The van der Waals surface area contributed by atoms with Crippen molar-refractivity contribution in [1.82, 2.24) is 9.21 Å². The first-order chi connectivity index (χ1) is 9.32. The minimum Gasteiger partial charge on any atom is -0.480 e. The van der Waals surface area contributed by atoms with Crippen LogP contribution < -0.4 is 0 Å². The minimum absolute atomic E-state index is 0.436. The number of rotatable bonds is 7. The highest BCUT2D eigenvalue weighted by molar-refractivity contribution is 7.90. The topological polar surface area (TPSA) is 77.9 Å². The van der Waals surface area contributed by atoms with Crippen LogP contribution >= 0.6 is 0 Å². The molecule has 0 bridgehead atoms. The molecule has 118 valence electrons. The first-order valence-electron chi connectivity index (χ1n) is 7.27. The van der Waals surface area contributed by atoms with Gasteiger partial charge < -0.3 is 10.0 Å². The second-order valence-corrected chi connectivity index (χ2v) is 7.61. The van der Waals surface area contributed by atoms with Crippen LogP contribution in [0.25, 0.3) is 0 Å². The molecule has 0 saturated carbocycles. The van der Waals surface area contributed by atoms with Gasteiger partial charge in [0.05, 0.1) is 0 Å². The van der Waals surface area contributed by atoms with E-state index < -0.39 is 21.2 Å². The van der Waals surface area contributed by atoms with Crippen LogP contribution in [0.5, 0.6) is 0 Å². The summed E-state index contributed by atoms with van der Waals surface area (Å²) in [6.45, 7) is 9.36. The number of nitrogens with zero attached hydrogens (tertiary/aromatic N) is 2. The molecule has 0 radical (unpaired) electrons. The normalized spacial score (nSPS) is 20.2. The Morgan fingerprint density at radius 2 is 1.80 bits per heavy atom. The summed E-state index contributed by atoms with van der Waals surface area (Å²) in [4.78, 5) is 13.2. The molecular formula is C13H26N2O4S. The van der Waals surface area contributed by atoms with Crippen molar-refractivity contribution in [1.29, 1.82) is 0 Å². The van der Waals surface area contributed by atoms with Gasteiger partial charge in [-0.2, -0.15) is 0 Å². The van der Waals surface area contributed by atoms with Gasteiger partial charge in [-0.25, -0.2) is 12.7 Å². The van der Waals surface area contributed by atoms with Crippen LogP contribution in [0.3, 0.4) is 0 Å². The average molecular weight is 306 g/mol. The van der Waals surface area contributed by atoms with E-state index in [-0.39, 0.29) is 0 Å². The van der Waals surface area contributed by atoms with Crippen LogP contribution in [0.1, 0.15) is 33.6 Å². The van der Waals surface area contributed by atoms with Gasteiger partial charge in [-0.1, -0.05) is 13.8 Å². The first-order valence-corrected chi connectivity index (χ1v) is 8.77. The van der Waals surface area contributed by atoms with Crippen molar-refractivity contribution in [2.24, 2.45) is 5.92 Å². The predicted molar refractivity (Wildman–Crippen MR) is 78.1 cm³/mol. The number of hydrogen-bond donors (Lipinski definition) is 1. The van der Waals surface area contributed by atoms with Crippen molar-refractivity contribution in [2.75, 3.05) is 32.7 Å². The van der Waals surface area contributed by atoms with Gasteiger partial charge in [0.15, 0.2) is 5.25 Å². The molecule has 1 saturated heterocycles. The van der Waals surface area contributed by atoms with Crippen molar-refractivity contribution in [3.05, 3.63) is 0 Å². The summed E-state index contributed by atoms with van der Waals surface area (Å²) in [7, 11) is -3.70. The van der Waals surface area contributed by atoms with E-state index in [1.54, 1.807) is 0 Å². The summed E-state index contributed by atoms with van der Waals surface area (Å²) in [5, 5.41) is 7.51. The Labute approximate surface area is 121 Å². The highest BCUT2D eigenvalue weighted by Gasteiger charge is 2.36. The molecule has 1 heterocycles. The number of hydrogen-bond acceptors (Lipinski definition) is 4. The molecule has 7 heteroatoms. The summed E-state index contributed by atoms with van der Waals surface area (Å²) < 4.78 is 25.5. The van der Waals surface area contributed by atoms with Gasteiger partial charge in [0, 0.05) is 19.6 Å². The van der Waals surface area contributed by atoms with E-state index in [1.165, 1.54) is 11.2 Å². The highest BCUT2D eigenvalue weighted by atomic mass is 32.2. The van der Waals surface area contributed by atoms with Crippen molar-refractivity contribution in [3.63, 3.8) is 0 Å². The molecule has 1 rings (SSSR count). The molecule has 1 N–H and O–H groups in total. The van der Waals surface area contributed by atoms with E-state index in [2.05, 4.69) is 18.7 Å². The zero-order valence-corrected chi connectivity index (χ0v) is 13.4. The van der Waals surface area contributed by atoms with Crippen molar-refractivity contribution in [3.8, 4) is 0 Å². The second kappa shape index (κ2) is 7.38. The third-order valence-electron chi connectivity index (χ3n) is 4.14. The molecule has 0 aromatic rings. The number of sulfonamides is 1.